The molecule has 0 unspecified atom stereocenters. The molecule has 0 radical (unpaired) electrons. The van der Waals surface area contributed by atoms with E-state index in [0.29, 0.717) is 5.92 Å². The van der Waals surface area contributed by atoms with Gasteiger partial charge in [0.05, 0.1) is 16.4 Å². The zero-order valence-electron chi connectivity index (χ0n) is 13.6. The van der Waals surface area contributed by atoms with E-state index in [1.807, 2.05) is 28.9 Å². The van der Waals surface area contributed by atoms with Gasteiger partial charge >= 0.3 is 0 Å². The van der Waals surface area contributed by atoms with Crippen LogP contribution in [0.15, 0.2) is 24.3 Å². The Balaban J connectivity index is 1.70. The number of benzene rings is 1. The van der Waals surface area contributed by atoms with Gasteiger partial charge in [-0.15, -0.1) is 0 Å². The Bertz CT molecular complexity index is 701. The molecule has 5 heteroatoms. The average Bonchev–Trinajstić information content (AvgIpc) is 3.18. The van der Waals surface area contributed by atoms with E-state index >= 15 is 0 Å². The molecule has 0 aliphatic carbocycles. The fraction of sp³-hybridized carbons (Fsp3) is 0.500. The molecular formula is C18H23ClN4. The first-order chi connectivity index (χ1) is 11.3. The zero-order chi connectivity index (χ0) is 15.8. The molecule has 4 nitrogen and oxygen atoms in total. The average molecular weight is 331 g/mol. The SMILES string of the molecule is CCN1CCC(c2nn(-c3ccccc3Cl)c3c2CCN3)CC1. The number of nitrogens with zero attached hydrogens (tertiary/aromatic N) is 3. The molecule has 1 saturated heterocycles. The second-order valence-corrected chi connectivity index (χ2v) is 6.87. The molecule has 23 heavy (non-hydrogen) atoms. The lowest BCUT2D eigenvalue weighted by Crippen LogP contribution is -2.33. The lowest BCUT2D eigenvalue weighted by Gasteiger charge is -2.30. The van der Waals surface area contributed by atoms with Gasteiger partial charge in [-0.2, -0.15) is 5.10 Å². The van der Waals surface area contributed by atoms with E-state index in [9.17, 15) is 0 Å². The van der Waals surface area contributed by atoms with E-state index in [1.54, 1.807) is 0 Å². The van der Waals surface area contributed by atoms with Crippen molar-refractivity contribution in [3.8, 4) is 5.69 Å². The fourth-order valence-electron chi connectivity index (χ4n) is 3.85. The lowest BCUT2D eigenvalue weighted by molar-refractivity contribution is 0.220. The molecule has 0 spiro atoms. The van der Waals surface area contributed by atoms with Crippen LogP contribution in [-0.2, 0) is 6.42 Å². The summed E-state index contributed by atoms with van der Waals surface area (Å²) in [4.78, 5) is 2.53. The topological polar surface area (TPSA) is 33.1 Å². The normalized spacial score (nSPS) is 18.9. The molecule has 3 heterocycles. The van der Waals surface area contributed by atoms with Crippen LogP contribution in [0, 0.1) is 0 Å². The predicted octanol–water partition coefficient (Wildman–Crippen LogP) is 3.69. The standard InChI is InChI=1S/C18H23ClN4/c1-2-22-11-8-13(9-12-22)17-14-7-10-20-18(14)23(21-17)16-6-4-3-5-15(16)19/h3-6,13,20H,2,7-12H2,1H3. The van der Waals surface area contributed by atoms with Crippen molar-refractivity contribution >= 4 is 17.4 Å². The highest BCUT2D eigenvalue weighted by Crippen LogP contribution is 2.37. The molecule has 0 bridgehead atoms. The van der Waals surface area contributed by atoms with Crippen LogP contribution < -0.4 is 5.32 Å². The van der Waals surface area contributed by atoms with Crippen LogP contribution in [0.2, 0.25) is 5.02 Å². The third kappa shape index (κ3) is 2.64. The van der Waals surface area contributed by atoms with Gasteiger partial charge in [0, 0.05) is 18.0 Å². The number of fused-ring (bicyclic) bond motifs is 1. The van der Waals surface area contributed by atoms with Gasteiger partial charge in [-0.1, -0.05) is 30.7 Å². The molecule has 1 aromatic carbocycles. The number of para-hydroxylation sites is 1. The first-order valence-corrected chi connectivity index (χ1v) is 8.98. The maximum atomic E-state index is 6.40. The van der Waals surface area contributed by atoms with Gasteiger partial charge in [-0.3, -0.25) is 0 Å². The fourth-order valence-corrected chi connectivity index (χ4v) is 4.07. The molecular weight excluding hydrogens is 308 g/mol. The molecule has 0 atom stereocenters. The quantitative estimate of drug-likeness (QED) is 0.931. The summed E-state index contributed by atoms with van der Waals surface area (Å²) in [5, 5.41) is 9.24. The summed E-state index contributed by atoms with van der Waals surface area (Å²) < 4.78 is 2.02. The molecule has 122 valence electrons. The number of aromatic nitrogens is 2. The van der Waals surface area contributed by atoms with Crippen LogP contribution >= 0.6 is 11.6 Å². The summed E-state index contributed by atoms with van der Waals surface area (Å²) >= 11 is 6.40. The van der Waals surface area contributed by atoms with Crippen molar-refractivity contribution < 1.29 is 0 Å². The number of hydrogen-bond acceptors (Lipinski definition) is 3. The zero-order valence-corrected chi connectivity index (χ0v) is 14.3. The van der Waals surface area contributed by atoms with Gasteiger partial charge in [0.1, 0.15) is 5.82 Å². The molecule has 1 N–H and O–H groups in total. The minimum Gasteiger partial charge on any atom is -0.369 e. The summed E-state index contributed by atoms with van der Waals surface area (Å²) in [5.41, 5.74) is 3.66. The Kier molecular flexibility index (Phi) is 4.04. The van der Waals surface area contributed by atoms with Crippen molar-refractivity contribution in [2.45, 2.75) is 32.1 Å². The van der Waals surface area contributed by atoms with Crippen molar-refractivity contribution in [3.63, 3.8) is 0 Å². The van der Waals surface area contributed by atoms with Crippen LogP contribution in [0.25, 0.3) is 5.69 Å². The molecule has 2 aliphatic heterocycles. The number of anilines is 1. The molecule has 2 aromatic rings. The van der Waals surface area contributed by atoms with Crippen molar-refractivity contribution in [3.05, 3.63) is 40.5 Å². The van der Waals surface area contributed by atoms with E-state index in [-0.39, 0.29) is 0 Å². The van der Waals surface area contributed by atoms with Gasteiger partial charge in [-0.25, -0.2) is 4.68 Å². The van der Waals surface area contributed by atoms with Gasteiger partial charge in [0.2, 0.25) is 0 Å². The van der Waals surface area contributed by atoms with Crippen LogP contribution in [0.5, 0.6) is 0 Å². The number of rotatable bonds is 3. The van der Waals surface area contributed by atoms with Gasteiger partial charge in [0.15, 0.2) is 0 Å². The maximum Gasteiger partial charge on any atom is 0.133 e. The molecule has 0 amide bonds. The highest BCUT2D eigenvalue weighted by Gasteiger charge is 2.30. The van der Waals surface area contributed by atoms with Crippen LogP contribution in [0.3, 0.4) is 0 Å². The minimum atomic E-state index is 0.579. The van der Waals surface area contributed by atoms with E-state index in [1.165, 1.54) is 37.2 Å². The largest absolute Gasteiger partial charge is 0.369 e. The first-order valence-electron chi connectivity index (χ1n) is 8.61. The minimum absolute atomic E-state index is 0.579. The second-order valence-electron chi connectivity index (χ2n) is 6.46. The number of hydrogen-bond donors (Lipinski definition) is 1. The van der Waals surface area contributed by atoms with E-state index in [0.717, 1.165) is 36.0 Å². The molecule has 1 fully saturated rings. The Labute approximate surface area is 142 Å². The number of piperidine rings is 1. The summed E-state index contributed by atoms with van der Waals surface area (Å²) in [6.07, 6.45) is 3.49. The van der Waals surface area contributed by atoms with E-state index < -0.39 is 0 Å². The van der Waals surface area contributed by atoms with Crippen molar-refractivity contribution in [1.82, 2.24) is 14.7 Å². The third-order valence-electron chi connectivity index (χ3n) is 5.18. The highest BCUT2D eigenvalue weighted by molar-refractivity contribution is 6.32. The summed E-state index contributed by atoms with van der Waals surface area (Å²) in [6.45, 7) is 6.76. The first kappa shape index (κ1) is 15.0. The Hall–Kier alpha value is -1.52. The van der Waals surface area contributed by atoms with E-state index in [2.05, 4.69) is 17.1 Å². The Morgan fingerprint density at radius 3 is 2.78 bits per heavy atom. The van der Waals surface area contributed by atoms with E-state index in [4.69, 9.17) is 16.7 Å². The molecule has 2 aliphatic rings. The van der Waals surface area contributed by atoms with Crippen LogP contribution in [0.1, 0.15) is 36.9 Å². The van der Waals surface area contributed by atoms with Crippen molar-refractivity contribution in [2.24, 2.45) is 0 Å². The van der Waals surface area contributed by atoms with Gasteiger partial charge in [0.25, 0.3) is 0 Å². The number of nitrogens with one attached hydrogen (secondary N) is 1. The van der Waals surface area contributed by atoms with Crippen LogP contribution in [0.4, 0.5) is 5.82 Å². The third-order valence-corrected chi connectivity index (χ3v) is 5.50. The molecule has 1 aromatic heterocycles. The van der Waals surface area contributed by atoms with Crippen molar-refractivity contribution in [2.75, 3.05) is 31.5 Å². The predicted molar refractivity (Wildman–Crippen MR) is 94.9 cm³/mol. The summed E-state index contributed by atoms with van der Waals surface area (Å²) in [6, 6.07) is 7.95. The summed E-state index contributed by atoms with van der Waals surface area (Å²) in [5.74, 6) is 1.72. The summed E-state index contributed by atoms with van der Waals surface area (Å²) in [7, 11) is 0. The number of halogens is 1. The lowest BCUT2D eigenvalue weighted by atomic mass is 9.91. The second kappa shape index (κ2) is 6.17. The smallest absolute Gasteiger partial charge is 0.133 e. The highest BCUT2D eigenvalue weighted by atomic mass is 35.5. The van der Waals surface area contributed by atoms with Crippen molar-refractivity contribution in [1.29, 1.82) is 0 Å². The Morgan fingerprint density at radius 1 is 1.26 bits per heavy atom. The van der Waals surface area contributed by atoms with Gasteiger partial charge < -0.3 is 10.2 Å². The molecule has 0 saturated carbocycles. The number of likely N-dealkylation sites (tertiary alicyclic amines) is 1. The molecule has 4 rings (SSSR count). The Morgan fingerprint density at radius 2 is 2.04 bits per heavy atom. The van der Waals surface area contributed by atoms with Crippen LogP contribution in [-0.4, -0.2) is 40.9 Å². The van der Waals surface area contributed by atoms with Gasteiger partial charge in [-0.05, 0) is 51.0 Å². The maximum absolute atomic E-state index is 6.40. The monoisotopic (exact) mass is 330 g/mol.